The number of hydrogen-bond acceptors (Lipinski definition) is 3. The number of carbonyl (C=O) groups excluding carboxylic acids is 2. The normalized spacial score (nSPS) is 14.2. The number of hydrogen-bond donors (Lipinski definition) is 3. The Morgan fingerprint density at radius 3 is 2.48 bits per heavy atom. The second-order valence-electron chi connectivity index (χ2n) is 7.27. The lowest BCUT2D eigenvalue weighted by atomic mass is 10.1. The van der Waals surface area contributed by atoms with Crippen molar-refractivity contribution in [1.82, 2.24) is 20.9 Å². The first kappa shape index (κ1) is 22.3. The van der Waals surface area contributed by atoms with Gasteiger partial charge in [0.15, 0.2) is 5.96 Å². The lowest BCUT2D eigenvalue weighted by Gasteiger charge is -2.26. The maximum atomic E-state index is 13.0. The SMILES string of the molecule is CCNC(=NCc1ccc(C(=O)N2CCNC(=O)C2)cc1)NCCc1ccc(F)cc1. The Bertz CT molecular complexity index is 913. The number of aliphatic imine (C=N–C) groups is 1. The summed E-state index contributed by atoms with van der Waals surface area (Å²) in [4.78, 5) is 30.2. The Hall–Kier alpha value is -3.42. The van der Waals surface area contributed by atoms with E-state index in [2.05, 4.69) is 20.9 Å². The van der Waals surface area contributed by atoms with Gasteiger partial charge in [-0.1, -0.05) is 24.3 Å². The fourth-order valence-corrected chi connectivity index (χ4v) is 3.24. The van der Waals surface area contributed by atoms with Gasteiger partial charge in [0.1, 0.15) is 5.82 Å². The molecule has 1 aliphatic rings. The number of benzene rings is 2. The van der Waals surface area contributed by atoms with Gasteiger partial charge in [0, 0.05) is 31.7 Å². The van der Waals surface area contributed by atoms with Crippen LogP contribution in [0.5, 0.6) is 0 Å². The van der Waals surface area contributed by atoms with Crippen LogP contribution in [0.4, 0.5) is 4.39 Å². The summed E-state index contributed by atoms with van der Waals surface area (Å²) in [7, 11) is 0. The molecule has 7 nitrogen and oxygen atoms in total. The van der Waals surface area contributed by atoms with Crippen LogP contribution in [-0.4, -0.2) is 55.4 Å². The molecule has 3 rings (SSSR count). The Kier molecular flexibility index (Phi) is 7.98. The number of rotatable bonds is 7. The van der Waals surface area contributed by atoms with Crippen molar-refractivity contribution in [2.24, 2.45) is 4.99 Å². The predicted octanol–water partition coefficient (Wildman–Crippen LogP) is 1.70. The first-order valence-electron chi connectivity index (χ1n) is 10.5. The minimum Gasteiger partial charge on any atom is -0.357 e. The molecule has 31 heavy (non-hydrogen) atoms. The van der Waals surface area contributed by atoms with Gasteiger partial charge in [-0.05, 0) is 48.7 Å². The highest BCUT2D eigenvalue weighted by molar-refractivity contribution is 5.97. The van der Waals surface area contributed by atoms with E-state index < -0.39 is 0 Å². The van der Waals surface area contributed by atoms with Crippen molar-refractivity contribution < 1.29 is 14.0 Å². The number of nitrogens with zero attached hydrogens (tertiary/aromatic N) is 2. The van der Waals surface area contributed by atoms with E-state index in [1.807, 2.05) is 19.1 Å². The van der Waals surface area contributed by atoms with Crippen molar-refractivity contribution >= 4 is 17.8 Å². The molecular weight excluding hydrogens is 397 g/mol. The van der Waals surface area contributed by atoms with Crippen LogP contribution in [0.15, 0.2) is 53.5 Å². The standard InChI is InChI=1S/C23H28FN5O2/c1-2-25-23(27-12-11-17-5-9-20(24)10-6-17)28-15-18-3-7-19(8-4-18)22(31)29-14-13-26-21(30)16-29/h3-10H,2,11-16H2,1H3,(H,26,30)(H2,25,27,28). The van der Waals surface area contributed by atoms with E-state index in [1.165, 1.54) is 12.1 Å². The molecule has 0 aromatic heterocycles. The van der Waals surface area contributed by atoms with Crippen LogP contribution in [0.25, 0.3) is 0 Å². The van der Waals surface area contributed by atoms with Gasteiger partial charge in [-0.15, -0.1) is 0 Å². The van der Waals surface area contributed by atoms with E-state index in [1.54, 1.807) is 29.2 Å². The molecule has 2 amide bonds. The molecule has 1 aliphatic heterocycles. The number of halogens is 1. The highest BCUT2D eigenvalue weighted by Crippen LogP contribution is 2.10. The molecule has 0 unspecified atom stereocenters. The van der Waals surface area contributed by atoms with Crippen LogP contribution < -0.4 is 16.0 Å². The van der Waals surface area contributed by atoms with Crippen LogP contribution in [0.1, 0.15) is 28.4 Å². The third-order valence-electron chi connectivity index (χ3n) is 4.91. The van der Waals surface area contributed by atoms with E-state index >= 15 is 0 Å². The number of carbonyl (C=O) groups is 2. The van der Waals surface area contributed by atoms with Crippen molar-refractivity contribution in [2.45, 2.75) is 19.9 Å². The number of amides is 2. The summed E-state index contributed by atoms with van der Waals surface area (Å²) < 4.78 is 13.0. The fourth-order valence-electron chi connectivity index (χ4n) is 3.24. The van der Waals surface area contributed by atoms with Crippen molar-refractivity contribution in [2.75, 3.05) is 32.7 Å². The summed E-state index contributed by atoms with van der Waals surface area (Å²) in [6, 6.07) is 13.8. The van der Waals surface area contributed by atoms with E-state index in [-0.39, 0.29) is 24.2 Å². The van der Waals surface area contributed by atoms with Crippen LogP contribution in [0.2, 0.25) is 0 Å². The molecule has 2 aromatic carbocycles. The van der Waals surface area contributed by atoms with Crippen LogP contribution in [-0.2, 0) is 17.8 Å². The maximum Gasteiger partial charge on any atom is 0.254 e. The summed E-state index contributed by atoms with van der Waals surface area (Å²) in [5, 5.41) is 9.20. The quantitative estimate of drug-likeness (QED) is 0.466. The summed E-state index contributed by atoms with van der Waals surface area (Å²) in [6.07, 6.45) is 0.760. The van der Waals surface area contributed by atoms with Gasteiger partial charge >= 0.3 is 0 Å². The average molecular weight is 426 g/mol. The second kappa shape index (κ2) is 11.1. The molecule has 3 N–H and O–H groups in total. The zero-order valence-corrected chi connectivity index (χ0v) is 17.7. The smallest absolute Gasteiger partial charge is 0.254 e. The molecule has 2 aromatic rings. The summed E-state index contributed by atoms with van der Waals surface area (Å²) in [5.41, 5.74) is 2.59. The molecule has 0 bridgehead atoms. The Morgan fingerprint density at radius 2 is 1.81 bits per heavy atom. The van der Waals surface area contributed by atoms with Gasteiger partial charge < -0.3 is 20.9 Å². The highest BCUT2D eigenvalue weighted by atomic mass is 19.1. The van der Waals surface area contributed by atoms with Crippen molar-refractivity contribution in [3.05, 3.63) is 71.0 Å². The number of nitrogens with one attached hydrogen (secondary N) is 3. The van der Waals surface area contributed by atoms with Crippen molar-refractivity contribution in [3.63, 3.8) is 0 Å². The molecule has 1 saturated heterocycles. The van der Waals surface area contributed by atoms with Crippen LogP contribution in [0.3, 0.4) is 0 Å². The second-order valence-corrected chi connectivity index (χ2v) is 7.27. The van der Waals surface area contributed by atoms with E-state index in [0.717, 1.165) is 24.1 Å². The van der Waals surface area contributed by atoms with E-state index in [0.29, 0.717) is 37.7 Å². The molecule has 1 heterocycles. The maximum absolute atomic E-state index is 13.0. The largest absolute Gasteiger partial charge is 0.357 e. The van der Waals surface area contributed by atoms with E-state index in [4.69, 9.17) is 0 Å². The Morgan fingerprint density at radius 1 is 1.10 bits per heavy atom. The third-order valence-corrected chi connectivity index (χ3v) is 4.91. The lowest BCUT2D eigenvalue weighted by Crippen LogP contribution is -2.49. The van der Waals surface area contributed by atoms with Gasteiger partial charge in [0.05, 0.1) is 13.1 Å². The monoisotopic (exact) mass is 425 g/mol. The van der Waals surface area contributed by atoms with Gasteiger partial charge in [0.25, 0.3) is 5.91 Å². The highest BCUT2D eigenvalue weighted by Gasteiger charge is 2.22. The molecular formula is C23H28FN5O2. The first-order valence-corrected chi connectivity index (χ1v) is 10.5. The zero-order chi connectivity index (χ0) is 22.1. The molecule has 0 radical (unpaired) electrons. The minimum absolute atomic E-state index is 0.0977. The van der Waals surface area contributed by atoms with Crippen LogP contribution >= 0.6 is 0 Å². The third kappa shape index (κ3) is 6.80. The predicted molar refractivity (Wildman–Crippen MR) is 118 cm³/mol. The number of guanidine groups is 1. The lowest BCUT2D eigenvalue weighted by molar-refractivity contribution is -0.123. The first-order chi connectivity index (χ1) is 15.0. The Labute approximate surface area is 181 Å². The molecule has 0 atom stereocenters. The Balaban J connectivity index is 1.53. The number of piperazine rings is 1. The molecule has 0 aliphatic carbocycles. The average Bonchev–Trinajstić information content (AvgIpc) is 2.78. The topological polar surface area (TPSA) is 85.8 Å². The molecule has 0 spiro atoms. The van der Waals surface area contributed by atoms with Crippen molar-refractivity contribution in [1.29, 1.82) is 0 Å². The minimum atomic E-state index is -0.235. The van der Waals surface area contributed by atoms with Gasteiger partial charge in [0.2, 0.25) is 5.91 Å². The summed E-state index contributed by atoms with van der Waals surface area (Å²) in [6.45, 7) is 4.98. The molecule has 0 saturated carbocycles. The van der Waals surface area contributed by atoms with Gasteiger partial charge in [-0.25, -0.2) is 9.38 Å². The van der Waals surface area contributed by atoms with Gasteiger partial charge in [-0.3, -0.25) is 9.59 Å². The molecule has 8 heteroatoms. The fraction of sp³-hybridized carbons (Fsp3) is 0.348. The summed E-state index contributed by atoms with van der Waals surface area (Å²) in [5.74, 6) is 0.194. The van der Waals surface area contributed by atoms with Crippen molar-refractivity contribution in [3.8, 4) is 0 Å². The molecule has 1 fully saturated rings. The zero-order valence-electron chi connectivity index (χ0n) is 17.7. The van der Waals surface area contributed by atoms with E-state index in [9.17, 15) is 14.0 Å². The van der Waals surface area contributed by atoms with Crippen LogP contribution in [0, 0.1) is 5.82 Å². The van der Waals surface area contributed by atoms with Gasteiger partial charge in [-0.2, -0.15) is 0 Å². The summed E-state index contributed by atoms with van der Waals surface area (Å²) >= 11 is 0. The molecule has 164 valence electrons.